The summed E-state index contributed by atoms with van der Waals surface area (Å²) in [5.74, 6) is 0.879. The maximum atomic E-state index is 13.5. The SMILES string of the molecule is Cn1ccc(NC(=O)CN2CCc3onc(-c4cccc(F)c4)c3C2)n1. The molecule has 134 valence electrons. The zero-order valence-corrected chi connectivity index (χ0v) is 14.3. The first-order chi connectivity index (χ1) is 12.6. The fourth-order valence-electron chi connectivity index (χ4n) is 3.13. The van der Waals surface area contributed by atoms with Crippen LogP contribution in [0.25, 0.3) is 11.3 Å². The van der Waals surface area contributed by atoms with Crippen molar-refractivity contribution in [2.45, 2.75) is 13.0 Å². The van der Waals surface area contributed by atoms with Crippen LogP contribution in [0.5, 0.6) is 0 Å². The number of fused-ring (bicyclic) bond motifs is 1. The van der Waals surface area contributed by atoms with E-state index in [4.69, 9.17) is 4.52 Å². The van der Waals surface area contributed by atoms with Gasteiger partial charge in [0.1, 0.15) is 17.3 Å². The van der Waals surface area contributed by atoms with Crippen molar-refractivity contribution in [3.8, 4) is 11.3 Å². The molecule has 7 nitrogen and oxygen atoms in total. The van der Waals surface area contributed by atoms with E-state index < -0.39 is 0 Å². The quantitative estimate of drug-likeness (QED) is 0.777. The molecule has 0 saturated heterocycles. The average Bonchev–Trinajstić information content (AvgIpc) is 3.20. The monoisotopic (exact) mass is 355 g/mol. The lowest BCUT2D eigenvalue weighted by atomic mass is 10.0. The van der Waals surface area contributed by atoms with Gasteiger partial charge in [-0.3, -0.25) is 14.4 Å². The molecule has 0 saturated carbocycles. The van der Waals surface area contributed by atoms with Crippen LogP contribution in [0.2, 0.25) is 0 Å². The molecule has 1 aromatic carbocycles. The summed E-state index contributed by atoms with van der Waals surface area (Å²) in [6, 6.07) is 8.02. The summed E-state index contributed by atoms with van der Waals surface area (Å²) in [4.78, 5) is 14.3. The molecule has 0 unspecified atom stereocenters. The Labute approximate surface area is 149 Å². The molecule has 1 amide bonds. The Hall–Kier alpha value is -3.00. The highest BCUT2D eigenvalue weighted by Crippen LogP contribution is 2.30. The van der Waals surface area contributed by atoms with E-state index >= 15 is 0 Å². The second kappa shape index (κ2) is 6.72. The van der Waals surface area contributed by atoms with Crippen LogP contribution in [0.15, 0.2) is 41.1 Å². The van der Waals surface area contributed by atoms with Crippen molar-refractivity contribution < 1.29 is 13.7 Å². The lowest BCUT2D eigenvalue weighted by Crippen LogP contribution is -2.37. The highest BCUT2D eigenvalue weighted by atomic mass is 19.1. The van der Waals surface area contributed by atoms with E-state index in [9.17, 15) is 9.18 Å². The van der Waals surface area contributed by atoms with Gasteiger partial charge in [0.2, 0.25) is 5.91 Å². The van der Waals surface area contributed by atoms with Gasteiger partial charge in [-0.25, -0.2) is 4.39 Å². The number of halogens is 1. The van der Waals surface area contributed by atoms with Gasteiger partial charge in [-0.1, -0.05) is 17.3 Å². The van der Waals surface area contributed by atoms with Crippen LogP contribution in [0.4, 0.5) is 10.2 Å². The molecule has 0 radical (unpaired) electrons. The van der Waals surface area contributed by atoms with Gasteiger partial charge in [-0.05, 0) is 12.1 Å². The van der Waals surface area contributed by atoms with Gasteiger partial charge in [0.15, 0.2) is 5.82 Å². The molecule has 8 heteroatoms. The number of carbonyl (C=O) groups excluding carboxylic acids is 1. The lowest BCUT2D eigenvalue weighted by molar-refractivity contribution is -0.117. The van der Waals surface area contributed by atoms with E-state index in [1.54, 1.807) is 36.1 Å². The van der Waals surface area contributed by atoms with Crippen molar-refractivity contribution in [3.63, 3.8) is 0 Å². The second-order valence-electron chi connectivity index (χ2n) is 6.33. The van der Waals surface area contributed by atoms with Gasteiger partial charge in [-0.15, -0.1) is 0 Å². The number of benzene rings is 1. The van der Waals surface area contributed by atoms with Crippen LogP contribution < -0.4 is 5.32 Å². The Morgan fingerprint density at radius 2 is 2.27 bits per heavy atom. The number of hydrogen-bond donors (Lipinski definition) is 1. The van der Waals surface area contributed by atoms with Crippen molar-refractivity contribution in [1.82, 2.24) is 19.8 Å². The van der Waals surface area contributed by atoms with E-state index in [2.05, 4.69) is 15.6 Å². The Morgan fingerprint density at radius 3 is 3.04 bits per heavy atom. The fraction of sp³-hybridized carbons (Fsp3) is 0.278. The molecule has 3 heterocycles. The standard InChI is InChI=1S/C18H18FN5O2/c1-23-7-6-16(21-23)20-17(25)11-24-8-5-15-14(10-24)18(22-26-15)12-3-2-4-13(19)9-12/h2-4,6-7,9H,5,8,10-11H2,1H3,(H,20,21,25). The number of nitrogens with zero attached hydrogens (tertiary/aromatic N) is 4. The van der Waals surface area contributed by atoms with Crippen molar-refractivity contribution in [1.29, 1.82) is 0 Å². The van der Waals surface area contributed by atoms with Gasteiger partial charge in [0, 0.05) is 49.9 Å². The summed E-state index contributed by atoms with van der Waals surface area (Å²) in [5, 5.41) is 11.0. The summed E-state index contributed by atoms with van der Waals surface area (Å²) in [6.07, 6.45) is 2.43. The maximum Gasteiger partial charge on any atom is 0.239 e. The average molecular weight is 355 g/mol. The first kappa shape index (κ1) is 16.5. The zero-order chi connectivity index (χ0) is 18.1. The molecule has 1 aliphatic rings. The highest BCUT2D eigenvalue weighted by molar-refractivity contribution is 5.91. The summed E-state index contributed by atoms with van der Waals surface area (Å²) in [5.41, 5.74) is 2.22. The van der Waals surface area contributed by atoms with Crippen molar-refractivity contribution in [2.75, 3.05) is 18.4 Å². The van der Waals surface area contributed by atoms with E-state index in [0.29, 0.717) is 36.6 Å². The summed E-state index contributed by atoms with van der Waals surface area (Å²) in [7, 11) is 1.79. The Morgan fingerprint density at radius 1 is 1.38 bits per heavy atom. The van der Waals surface area contributed by atoms with E-state index in [0.717, 1.165) is 11.3 Å². The molecule has 0 bridgehead atoms. The topological polar surface area (TPSA) is 76.2 Å². The number of hydrogen-bond acceptors (Lipinski definition) is 5. The minimum Gasteiger partial charge on any atom is -0.360 e. The molecule has 1 N–H and O–H groups in total. The molecular formula is C18H18FN5O2. The van der Waals surface area contributed by atoms with Crippen LogP contribution in [0.3, 0.4) is 0 Å². The summed E-state index contributed by atoms with van der Waals surface area (Å²) < 4.78 is 20.6. The number of nitrogens with one attached hydrogen (secondary N) is 1. The number of aromatic nitrogens is 3. The van der Waals surface area contributed by atoms with E-state index in [1.165, 1.54) is 12.1 Å². The summed E-state index contributed by atoms with van der Waals surface area (Å²) in [6.45, 7) is 1.46. The molecule has 0 aliphatic carbocycles. The van der Waals surface area contributed by atoms with Crippen LogP contribution in [0.1, 0.15) is 11.3 Å². The molecule has 0 fully saturated rings. The molecule has 0 spiro atoms. The summed E-state index contributed by atoms with van der Waals surface area (Å²) >= 11 is 0. The molecule has 1 aliphatic heterocycles. The number of rotatable bonds is 4. The Bertz CT molecular complexity index is 949. The molecule has 3 aromatic rings. The first-order valence-corrected chi connectivity index (χ1v) is 8.34. The normalized spacial score (nSPS) is 14.2. The largest absolute Gasteiger partial charge is 0.360 e. The Balaban J connectivity index is 1.47. The molecule has 26 heavy (non-hydrogen) atoms. The van der Waals surface area contributed by atoms with E-state index in [1.807, 2.05) is 4.90 Å². The van der Waals surface area contributed by atoms with Gasteiger partial charge >= 0.3 is 0 Å². The Kier molecular flexibility index (Phi) is 4.26. The number of aryl methyl sites for hydroxylation is 1. The van der Waals surface area contributed by atoms with E-state index in [-0.39, 0.29) is 18.3 Å². The third-order valence-corrected chi connectivity index (χ3v) is 4.35. The zero-order valence-electron chi connectivity index (χ0n) is 14.3. The number of carbonyl (C=O) groups is 1. The van der Waals surface area contributed by atoms with Crippen LogP contribution in [-0.2, 0) is 24.8 Å². The molecular weight excluding hydrogens is 337 g/mol. The third kappa shape index (κ3) is 3.36. The van der Waals surface area contributed by atoms with Crippen molar-refractivity contribution >= 4 is 11.7 Å². The van der Waals surface area contributed by atoms with Crippen molar-refractivity contribution in [2.24, 2.45) is 7.05 Å². The van der Waals surface area contributed by atoms with Gasteiger partial charge in [-0.2, -0.15) is 5.10 Å². The predicted molar refractivity (Wildman–Crippen MR) is 92.7 cm³/mol. The maximum absolute atomic E-state index is 13.5. The highest BCUT2D eigenvalue weighted by Gasteiger charge is 2.26. The van der Waals surface area contributed by atoms with Crippen molar-refractivity contribution in [3.05, 3.63) is 53.7 Å². The number of anilines is 1. The molecule has 0 atom stereocenters. The van der Waals surface area contributed by atoms with Crippen LogP contribution >= 0.6 is 0 Å². The minimum atomic E-state index is -0.318. The van der Waals surface area contributed by atoms with Gasteiger partial charge < -0.3 is 9.84 Å². The smallest absolute Gasteiger partial charge is 0.239 e. The second-order valence-corrected chi connectivity index (χ2v) is 6.33. The predicted octanol–water partition coefficient (Wildman–Crippen LogP) is 2.21. The molecule has 2 aromatic heterocycles. The lowest BCUT2D eigenvalue weighted by Gasteiger charge is -2.25. The number of amides is 1. The van der Waals surface area contributed by atoms with Gasteiger partial charge in [0.05, 0.1) is 6.54 Å². The minimum absolute atomic E-state index is 0.129. The third-order valence-electron chi connectivity index (χ3n) is 4.35. The fourth-order valence-corrected chi connectivity index (χ4v) is 3.13. The first-order valence-electron chi connectivity index (χ1n) is 8.34. The molecule has 4 rings (SSSR count). The van der Waals surface area contributed by atoms with Crippen LogP contribution in [-0.4, -0.2) is 38.8 Å². The van der Waals surface area contributed by atoms with Gasteiger partial charge in [0.25, 0.3) is 0 Å². The van der Waals surface area contributed by atoms with Crippen LogP contribution in [0, 0.1) is 5.82 Å².